The van der Waals surface area contributed by atoms with Crippen LogP contribution >= 0.6 is 0 Å². The maximum Gasteiger partial charge on any atom is 0.246 e. The molecule has 1 amide bonds. The Hall–Kier alpha value is -3.47. The van der Waals surface area contributed by atoms with E-state index < -0.39 is 0 Å². The van der Waals surface area contributed by atoms with Crippen molar-refractivity contribution in [3.05, 3.63) is 84.1 Å². The van der Waals surface area contributed by atoms with Crippen LogP contribution in [0.1, 0.15) is 11.1 Å². The minimum Gasteiger partial charge on any atom is -0.353 e. The molecule has 0 saturated carbocycles. The standard InChI is InChI=1S/C24H24N4O/c1-19-6-5-7-20(18-19)10-11-23(29)28-16-14-27(15-17-28)22-12-13-25-24(26-22)21-8-3-2-4-9-21/h2-13,18H,14-17H2,1H3/b11-10+. The molecule has 2 aromatic carbocycles. The Kier molecular flexibility index (Phi) is 5.66. The Balaban J connectivity index is 1.37. The zero-order valence-corrected chi connectivity index (χ0v) is 16.5. The van der Waals surface area contributed by atoms with E-state index in [1.807, 2.05) is 59.5 Å². The minimum absolute atomic E-state index is 0.0545. The zero-order valence-electron chi connectivity index (χ0n) is 16.5. The Labute approximate surface area is 171 Å². The molecule has 0 unspecified atom stereocenters. The van der Waals surface area contributed by atoms with E-state index in [0.29, 0.717) is 13.1 Å². The quantitative estimate of drug-likeness (QED) is 0.642. The van der Waals surface area contributed by atoms with Crippen LogP contribution in [0.3, 0.4) is 0 Å². The van der Waals surface area contributed by atoms with Gasteiger partial charge < -0.3 is 9.80 Å². The maximum absolute atomic E-state index is 12.5. The first-order valence-corrected chi connectivity index (χ1v) is 9.86. The maximum atomic E-state index is 12.5. The molecule has 0 atom stereocenters. The van der Waals surface area contributed by atoms with E-state index in [0.717, 1.165) is 35.9 Å². The topological polar surface area (TPSA) is 49.3 Å². The van der Waals surface area contributed by atoms with Gasteiger partial charge >= 0.3 is 0 Å². The highest BCUT2D eigenvalue weighted by Crippen LogP contribution is 2.19. The number of nitrogens with zero attached hydrogens (tertiary/aromatic N) is 4. The number of amides is 1. The first kappa shape index (κ1) is 18.9. The van der Waals surface area contributed by atoms with E-state index in [4.69, 9.17) is 4.98 Å². The Bertz CT molecular complexity index is 1010. The zero-order chi connectivity index (χ0) is 20.1. The van der Waals surface area contributed by atoms with Crippen LogP contribution in [-0.4, -0.2) is 47.0 Å². The van der Waals surface area contributed by atoms with Crippen molar-refractivity contribution in [2.45, 2.75) is 6.92 Å². The molecule has 1 fully saturated rings. The summed E-state index contributed by atoms with van der Waals surface area (Å²) in [7, 11) is 0. The van der Waals surface area contributed by atoms with Gasteiger partial charge in [0.05, 0.1) is 0 Å². The highest BCUT2D eigenvalue weighted by atomic mass is 16.2. The van der Waals surface area contributed by atoms with Gasteiger partial charge in [0.25, 0.3) is 0 Å². The Morgan fingerprint density at radius 2 is 1.76 bits per heavy atom. The number of piperazine rings is 1. The molecule has 1 saturated heterocycles. The molecule has 0 spiro atoms. The predicted octanol–water partition coefficient (Wildman–Crippen LogP) is 3.81. The average molecular weight is 384 g/mol. The highest BCUT2D eigenvalue weighted by molar-refractivity contribution is 5.92. The van der Waals surface area contributed by atoms with Gasteiger partial charge in [-0.1, -0.05) is 60.2 Å². The summed E-state index contributed by atoms with van der Waals surface area (Å²) in [5.41, 5.74) is 3.24. The number of aryl methyl sites for hydroxylation is 1. The van der Waals surface area contributed by atoms with Crippen LogP contribution in [0.15, 0.2) is 72.9 Å². The van der Waals surface area contributed by atoms with E-state index in [1.165, 1.54) is 5.56 Å². The second kappa shape index (κ2) is 8.69. The van der Waals surface area contributed by atoms with Crippen LogP contribution in [0, 0.1) is 6.92 Å². The summed E-state index contributed by atoms with van der Waals surface area (Å²) in [5, 5.41) is 0. The van der Waals surface area contributed by atoms with Gasteiger partial charge in [-0.05, 0) is 24.6 Å². The number of hydrogen-bond donors (Lipinski definition) is 0. The fraction of sp³-hybridized carbons (Fsp3) is 0.208. The fourth-order valence-electron chi connectivity index (χ4n) is 3.45. The molecule has 1 aliphatic rings. The van der Waals surface area contributed by atoms with Gasteiger partial charge in [0.1, 0.15) is 5.82 Å². The molecule has 1 aromatic heterocycles. The van der Waals surface area contributed by atoms with Crippen molar-refractivity contribution in [3.8, 4) is 11.4 Å². The van der Waals surface area contributed by atoms with E-state index in [9.17, 15) is 4.79 Å². The number of hydrogen-bond acceptors (Lipinski definition) is 4. The summed E-state index contributed by atoms with van der Waals surface area (Å²) in [6.45, 7) is 4.93. The molecular formula is C24H24N4O. The summed E-state index contributed by atoms with van der Waals surface area (Å²) < 4.78 is 0. The summed E-state index contributed by atoms with van der Waals surface area (Å²) in [4.78, 5) is 25.7. The SMILES string of the molecule is Cc1cccc(/C=C/C(=O)N2CCN(c3ccnc(-c4ccccc4)n3)CC2)c1. The largest absolute Gasteiger partial charge is 0.353 e. The number of anilines is 1. The van der Waals surface area contributed by atoms with Crippen molar-refractivity contribution in [3.63, 3.8) is 0 Å². The van der Waals surface area contributed by atoms with Crippen LogP contribution in [0.25, 0.3) is 17.5 Å². The van der Waals surface area contributed by atoms with Crippen LogP contribution in [0.2, 0.25) is 0 Å². The van der Waals surface area contributed by atoms with Crippen LogP contribution in [-0.2, 0) is 4.79 Å². The monoisotopic (exact) mass is 384 g/mol. The number of carbonyl (C=O) groups excluding carboxylic acids is 1. The molecule has 5 nitrogen and oxygen atoms in total. The van der Waals surface area contributed by atoms with Gasteiger partial charge in [0, 0.05) is 44.0 Å². The van der Waals surface area contributed by atoms with E-state index in [2.05, 4.69) is 28.9 Å². The summed E-state index contributed by atoms with van der Waals surface area (Å²) in [6, 6.07) is 20.0. The molecule has 29 heavy (non-hydrogen) atoms. The first-order chi connectivity index (χ1) is 14.2. The molecule has 1 aliphatic heterocycles. The summed E-state index contributed by atoms with van der Waals surface area (Å²) >= 11 is 0. The lowest BCUT2D eigenvalue weighted by Gasteiger charge is -2.35. The normalized spacial score (nSPS) is 14.4. The molecule has 0 N–H and O–H groups in total. The van der Waals surface area contributed by atoms with Crippen molar-refractivity contribution in [1.29, 1.82) is 0 Å². The molecular weight excluding hydrogens is 360 g/mol. The average Bonchev–Trinajstić information content (AvgIpc) is 2.78. The lowest BCUT2D eigenvalue weighted by molar-refractivity contribution is -0.126. The molecule has 3 aromatic rings. The van der Waals surface area contributed by atoms with Gasteiger partial charge in [0.15, 0.2) is 5.82 Å². The third-order valence-electron chi connectivity index (χ3n) is 5.05. The molecule has 5 heteroatoms. The van der Waals surface area contributed by atoms with Crippen LogP contribution in [0.4, 0.5) is 5.82 Å². The number of carbonyl (C=O) groups is 1. The van der Waals surface area contributed by atoms with Crippen molar-refractivity contribution in [2.24, 2.45) is 0 Å². The predicted molar refractivity (Wildman–Crippen MR) is 116 cm³/mol. The molecule has 0 radical (unpaired) electrons. The third kappa shape index (κ3) is 4.69. The van der Waals surface area contributed by atoms with E-state index in [-0.39, 0.29) is 5.91 Å². The van der Waals surface area contributed by atoms with Crippen molar-refractivity contribution in [2.75, 3.05) is 31.1 Å². The molecule has 0 bridgehead atoms. The molecule has 2 heterocycles. The Morgan fingerprint density at radius 1 is 0.966 bits per heavy atom. The third-order valence-corrected chi connectivity index (χ3v) is 5.05. The van der Waals surface area contributed by atoms with E-state index >= 15 is 0 Å². The number of aromatic nitrogens is 2. The highest BCUT2D eigenvalue weighted by Gasteiger charge is 2.21. The first-order valence-electron chi connectivity index (χ1n) is 9.86. The molecule has 4 rings (SSSR count). The van der Waals surface area contributed by atoms with Crippen molar-refractivity contribution < 1.29 is 4.79 Å². The van der Waals surface area contributed by atoms with E-state index in [1.54, 1.807) is 12.3 Å². The van der Waals surface area contributed by atoms with Crippen molar-refractivity contribution in [1.82, 2.24) is 14.9 Å². The van der Waals surface area contributed by atoms with Crippen LogP contribution < -0.4 is 4.90 Å². The van der Waals surface area contributed by atoms with Gasteiger partial charge in [-0.15, -0.1) is 0 Å². The van der Waals surface area contributed by atoms with Gasteiger partial charge in [-0.25, -0.2) is 9.97 Å². The second-order valence-corrected chi connectivity index (χ2v) is 7.16. The van der Waals surface area contributed by atoms with Gasteiger partial charge in [-0.3, -0.25) is 4.79 Å². The lowest BCUT2D eigenvalue weighted by atomic mass is 10.1. The molecule has 146 valence electrons. The smallest absolute Gasteiger partial charge is 0.246 e. The second-order valence-electron chi connectivity index (χ2n) is 7.16. The lowest BCUT2D eigenvalue weighted by Crippen LogP contribution is -2.48. The number of rotatable bonds is 4. The van der Waals surface area contributed by atoms with Gasteiger partial charge in [0.2, 0.25) is 5.91 Å². The number of benzene rings is 2. The summed E-state index contributed by atoms with van der Waals surface area (Å²) in [6.07, 6.45) is 5.35. The van der Waals surface area contributed by atoms with Crippen molar-refractivity contribution >= 4 is 17.8 Å². The van der Waals surface area contributed by atoms with Crippen LogP contribution in [0.5, 0.6) is 0 Å². The summed E-state index contributed by atoms with van der Waals surface area (Å²) in [5.74, 6) is 1.68. The van der Waals surface area contributed by atoms with Gasteiger partial charge in [-0.2, -0.15) is 0 Å². The minimum atomic E-state index is 0.0545. The Morgan fingerprint density at radius 3 is 2.52 bits per heavy atom. The fourth-order valence-corrected chi connectivity index (χ4v) is 3.45. The molecule has 0 aliphatic carbocycles.